The van der Waals surface area contributed by atoms with Gasteiger partial charge in [-0.25, -0.2) is 0 Å². The van der Waals surface area contributed by atoms with E-state index in [4.69, 9.17) is 0 Å². The van der Waals surface area contributed by atoms with Gasteiger partial charge in [0.15, 0.2) is 0 Å². The Labute approximate surface area is 171 Å². The van der Waals surface area contributed by atoms with Crippen molar-refractivity contribution in [3.05, 3.63) is 24.3 Å². The summed E-state index contributed by atoms with van der Waals surface area (Å²) in [7, 11) is 0. The van der Waals surface area contributed by atoms with Crippen molar-refractivity contribution in [2.24, 2.45) is 0 Å². The van der Waals surface area contributed by atoms with Crippen molar-refractivity contribution in [2.45, 2.75) is 19.0 Å². The molecule has 1 amide bonds. The Bertz CT molecular complexity index is 722. The average molecular weight is 372 g/mol. The van der Waals surface area contributed by atoms with Gasteiger partial charge >= 0.3 is 29.6 Å². The minimum atomic E-state index is -1.20. The molecule has 1 aromatic carbocycles. The Kier molecular flexibility index (Phi) is 8.90. The molecule has 0 aliphatic rings. The van der Waals surface area contributed by atoms with Crippen LogP contribution in [0.2, 0.25) is 0 Å². The number of nitrogens with one attached hydrogen (secondary N) is 1. The van der Waals surface area contributed by atoms with E-state index in [-0.39, 0.29) is 41.3 Å². The number of carboxylic acids is 1. The summed E-state index contributed by atoms with van der Waals surface area (Å²) in [5.74, 6) is -1.20. The minimum Gasteiger partial charge on any atom is -0.548 e. The fourth-order valence-electron chi connectivity index (χ4n) is 1.95. The maximum Gasteiger partial charge on any atom is 1.00 e. The molecule has 0 aliphatic heterocycles. The quantitative estimate of drug-likeness (QED) is 0.415. The Morgan fingerprint density at radius 1 is 1.32 bits per heavy atom. The number of rotatable bonds is 7. The van der Waals surface area contributed by atoms with E-state index in [0.29, 0.717) is 29.6 Å². The molecule has 0 fully saturated rings. The predicted octanol–water partition coefficient (Wildman–Crippen LogP) is -2.62. The van der Waals surface area contributed by atoms with E-state index in [1.54, 1.807) is 29.2 Å². The number of carboxylic acid groups (broad SMARTS) is 1. The number of carbonyl (C=O) groups excluding carboxylic acids is 2. The largest absolute Gasteiger partial charge is 1.00 e. The van der Waals surface area contributed by atoms with E-state index in [1.165, 1.54) is 4.68 Å². The van der Waals surface area contributed by atoms with Crippen LogP contribution in [-0.4, -0.2) is 55.9 Å². The number of aromatic nitrogens is 4. The van der Waals surface area contributed by atoms with Crippen molar-refractivity contribution in [3.63, 3.8) is 0 Å². The summed E-state index contributed by atoms with van der Waals surface area (Å²) < 4.78 is 1.43. The van der Waals surface area contributed by atoms with Gasteiger partial charge in [0.25, 0.3) is 5.24 Å². The molecule has 2 aromatic rings. The second-order valence-corrected chi connectivity index (χ2v) is 5.61. The zero-order valence-electron chi connectivity index (χ0n) is 14.3. The van der Waals surface area contributed by atoms with E-state index in [1.807, 2.05) is 13.8 Å². The summed E-state index contributed by atoms with van der Waals surface area (Å²) in [5, 5.41) is 24.8. The van der Waals surface area contributed by atoms with Gasteiger partial charge in [-0.2, -0.15) is 4.68 Å². The van der Waals surface area contributed by atoms with Gasteiger partial charge in [-0.1, -0.05) is 6.07 Å². The molecule has 0 bridgehead atoms. The van der Waals surface area contributed by atoms with Crippen LogP contribution in [0.4, 0.5) is 10.5 Å². The number of thioether (sulfide) groups is 1. The number of hydrogen-bond acceptors (Lipinski definition) is 8. The van der Waals surface area contributed by atoms with Crippen LogP contribution in [0.3, 0.4) is 0 Å². The molecule has 0 aliphatic carbocycles. The standard InChI is InChI=1S/C14H18N6O3S.Na/c1-3-19(4-2)14(23)24-13-16-17-18-20(13)11-7-5-6-10(8-11)15-9-12(21)22;/h5-8,15H,3-4,9H2,1-2H3,(H,21,22);/q;+1/p-1. The number of aliphatic carboxylic acids is 1. The maximum absolute atomic E-state index is 12.2. The number of benzene rings is 1. The van der Waals surface area contributed by atoms with Crippen LogP contribution in [0.15, 0.2) is 29.4 Å². The molecule has 25 heavy (non-hydrogen) atoms. The first kappa shape index (κ1) is 21.4. The van der Waals surface area contributed by atoms with Crippen molar-refractivity contribution in [3.8, 4) is 5.69 Å². The Balaban J connectivity index is 0.00000312. The number of tetrazole rings is 1. The van der Waals surface area contributed by atoms with Crippen molar-refractivity contribution >= 4 is 28.7 Å². The van der Waals surface area contributed by atoms with Gasteiger partial charge in [-0.3, -0.25) is 4.79 Å². The summed E-state index contributed by atoms with van der Waals surface area (Å²) in [6, 6.07) is 6.89. The molecule has 1 heterocycles. The van der Waals surface area contributed by atoms with Crippen LogP contribution < -0.4 is 40.0 Å². The fraction of sp³-hybridized carbons (Fsp3) is 0.357. The second-order valence-electron chi connectivity index (χ2n) is 4.69. The minimum absolute atomic E-state index is 0. The zero-order valence-corrected chi connectivity index (χ0v) is 17.1. The summed E-state index contributed by atoms with van der Waals surface area (Å²) in [6.45, 7) is 4.70. The van der Waals surface area contributed by atoms with Gasteiger partial charge < -0.3 is 20.1 Å². The van der Waals surface area contributed by atoms with Crippen LogP contribution >= 0.6 is 11.8 Å². The van der Waals surface area contributed by atoms with Crippen molar-refractivity contribution < 1.29 is 44.3 Å². The third kappa shape index (κ3) is 5.99. The molecular weight excluding hydrogens is 355 g/mol. The summed E-state index contributed by atoms with van der Waals surface area (Å²) >= 11 is 0.942. The number of nitrogens with zero attached hydrogens (tertiary/aromatic N) is 5. The molecule has 0 unspecified atom stereocenters. The van der Waals surface area contributed by atoms with E-state index in [2.05, 4.69) is 20.8 Å². The molecular formula is C14H17N6NaO3S. The third-order valence-corrected chi connectivity index (χ3v) is 4.04. The van der Waals surface area contributed by atoms with Gasteiger partial charge in [0.2, 0.25) is 5.16 Å². The molecule has 9 nitrogen and oxygen atoms in total. The van der Waals surface area contributed by atoms with Crippen LogP contribution in [0.1, 0.15) is 13.8 Å². The molecule has 0 radical (unpaired) electrons. The van der Waals surface area contributed by atoms with Gasteiger partial charge in [0.1, 0.15) is 0 Å². The molecule has 128 valence electrons. The van der Waals surface area contributed by atoms with E-state index in [0.717, 1.165) is 11.8 Å². The fourth-order valence-corrected chi connectivity index (χ4v) is 2.80. The molecule has 0 saturated carbocycles. The molecule has 0 saturated heterocycles. The van der Waals surface area contributed by atoms with Crippen LogP contribution in [0, 0.1) is 0 Å². The molecule has 2 rings (SSSR count). The first-order chi connectivity index (χ1) is 11.5. The van der Waals surface area contributed by atoms with Crippen molar-refractivity contribution in [2.75, 3.05) is 25.0 Å². The smallest absolute Gasteiger partial charge is 0.548 e. The van der Waals surface area contributed by atoms with Crippen molar-refractivity contribution in [1.82, 2.24) is 25.1 Å². The second kappa shape index (κ2) is 10.4. The molecule has 1 aromatic heterocycles. The van der Waals surface area contributed by atoms with Gasteiger partial charge in [0.05, 0.1) is 18.2 Å². The third-order valence-electron chi connectivity index (χ3n) is 3.17. The van der Waals surface area contributed by atoms with E-state index in [9.17, 15) is 14.7 Å². The van der Waals surface area contributed by atoms with Crippen LogP contribution in [0.25, 0.3) is 5.69 Å². The average Bonchev–Trinajstić information content (AvgIpc) is 3.02. The van der Waals surface area contributed by atoms with Crippen molar-refractivity contribution in [1.29, 1.82) is 0 Å². The molecule has 0 spiro atoms. The monoisotopic (exact) mass is 372 g/mol. The van der Waals surface area contributed by atoms with Gasteiger partial charge in [-0.05, 0) is 42.5 Å². The van der Waals surface area contributed by atoms with Gasteiger partial charge in [-0.15, -0.1) is 5.10 Å². The predicted molar refractivity (Wildman–Crippen MR) is 86.8 cm³/mol. The molecule has 0 atom stereocenters. The van der Waals surface area contributed by atoms with Gasteiger partial charge in [0, 0.05) is 30.5 Å². The first-order valence-corrected chi connectivity index (χ1v) is 8.16. The number of hydrogen-bond donors (Lipinski definition) is 1. The number of amides is 1. The van der Waals surface area contributed by atoms with Crippen LogP contribution in [-0.2, 0) is 4.79 Å². The number of anilines is 1. The maximum atomic E-state index is 12.2. The Morgan fingerprint density at radius 2 is 2.04 bits per heavy atom. The van der Waals surface area contributed by atoms with E-state index >= 15 is 0 Å². The molecule has 11 heteroatoms. The Morgan fingerprint density at radius 3 is 2.68 bits per heavy atom. The summed E-state index contributed by atoms with van der Waals surface area (Å²) in [6.07, 6.45) is 0. The zero-order chi connectivity index (χ0) is 17.5. The molecule has 1 N–H and O–H groups in total. The van der Waals surface area contributed by atoms with E-state index < -0.39 is 5.97 Å². The summed E-state index contributed by atoms with van der Waals surface area (Å²) in [4.78, 5) is 24.4. The first-order valence-electron chi connectivity index (χ1n) is 7.34. The van der Waals surface area contributed by atoms with Crippen LogP contribution in [0.5, 0.6) is 0 Å². The SMILES string of the molecule is CCN(CC)C(=O)Sc1nnnn1-c1cccc(NCC(=O)[O-])c1.[Na+]. The normalized spacial score (nSPS) is 10.0. The Hall–Kier alpha value is -1.62. The number of carbonyl (C=O) groups is 2. The topological polar surface area (TPSA) is 116 Å². The summed E-state index contributed by atoms with van der Waals surface area (Å²) in [5.41, 5.74) is 1.19.